The van der Waals surface area contributed by atoms with Gasteiger partial charge in [0.1, 0.15) is 14.2 Å². The SMILES string of the molecule is CC(C)(C)OC(=O)N(c1ccc2n[nH]c(I)c2c1)S(=O)(=O)c1ccccc1S(C)(=O)=O. The van der Waals surface area contributed by atoms with Crippen molar-refractivity contribution in [1.82, 2.24) is 10.2 Å². The van der Waals surface area contributed by atoms with Crippen molar-refractivity contribution in [3.8, 4) is 0 Å². The van der Waals surface area contributed by atoms with E-state index in [0.717, 1.165) is 12.3 Å². The Bertz CT molecular complexity index is 1380. The Morgan fingerprint density at radius 2 is 1.68 bits per heavy atom. The standard InChI is InChI=1S/C19H20IN3O6S2/c1-19(2,3)29-18(24)23(12-9-10-14-13(11-12)17(20)22-21-14)31(27,28)16-8-6-5-7-15(16)30(4,25)26/h5-11H,1-4H3,(H,21,22). The number of H-pyrrole nitrogens is 1. The van der Waals surface area contributed by atoms with Gasteiger partial charge in [0.25, 0.3) is 10.0 Å². The minimum absolute atomic E-state index is 0.00984. The number of amides is 1. The molecule has 12 heteroatoms. The van der Waals surface area contributed by atoms with E-state index < -0.39 is 41.3 Å². The maximum atomic E-state index is 13.6. The van der Waals surface area contributed by atoms with Gasteiger partial charge in [0.05, 0.1) is 16.1 Å². The summed E-state index contributed by atoms with van der Waals surface area (Å²) < 4.78 is 58.2. The van der Waals surface area contributed by atoms with Crippen molar-refractivity contribution in [2.75, 3.05) is 10.6 Å². The van der Waals surface area contributed by atoms with Gasteiger partial charge in [0.15, 0.2) is 9.84 Å². The van der Waals surface area contributed by atoms with E-state index >= 15 is 0 Å². The highest BCUT2D eigenvalue weighted by molar-refractivity contribution is 14.1. The van der Waals surface area contributed by atoms with Crippen LogP contribution in [0.1, 0.15) is 20.8 Å². The molecule has 0 fully saturated rings. The zero-order chi connectivity index (χ0) is 23.2. The van der Waals surface area contributed by atoms with E-state index in [1.807, 2.05) is 22.6 Å². The molecule has 3 rings (SSSR count). The number of aromatic amines is 1. The molecule has 2 aromatic carbocycles. The summed E-state index contributed by atoms with van der Waals surface area (Å²) in [6.45, 7) is 4.80. The molecule has 0 aliphatic carbocycles. The Morgan fingerprint density at radius 3 is 2.26 bits per heavy atom. The second-order valence-corrected chi connectivity index (χ2v) is 12.5. The third kappa shape index (κ3) is 4.85. The normalized spacial score (nSPS) is 12.7. The van der Waals surface area contributed by atoms with Crippen LogP contribution in [0.2, 0.25) is 0 Å². The third-order valence-corrected chi connectivity index (χ3v) is 7.91. The average molecular weight is 577 g/mol. The zero-order valence-electron chi connectivity index (χ0n) is 17.1. The summed E-state index contributed by atoms with van der Waals surface area (Å²) in [5, 5.41) is 7.47. The summed E-state index contributed by atoms with van der Waals surface area (Å²) in [5.41, 5.74) is -0.425. The first-order valence-electron chi connectivity index (χ1n) is 8.93. The number of hydrogen-bond acceptors (Lipinski definition) is 7. The number of fused-ring (bicyclic) bond motifs is 1. The second-order valence-electron chi connectivity index (χ2n) is 7.71. The van der Waals surface area contributed by atoms with Crippen LogP contribution in [-0.2, 0) is 24.6 Å². The number of anilines is 1. The van der Waals surface area contributed by atoms with E-state index in [1.54, 1.807) is 26.8 Å². The van der Waals surface area contributed by atoms with Gasteiger partial charge in [-0.25, -0.2) is 21.6 Å². The summed E-state index contributed by atoms with van der Waals surface area (Å²) >= 11 is 2.00. The molecule has 0 atom stereocenters. The quantitative estimate of drug-likeness (QED) is 0.469. The van der Waals surface area contributed by atoms with Crippen LogP contribution in [0.5, 0.6) is 0 Å². The molecule has 0 radical (unpaired) electrons. The first-order chi connectivity index (χ1) is 14.2. The number of ether oxygens (including phenoxy) is 1. The molecule has 0 bridgehead atoms. The fourth-order valence-electron chi connectivity index (χ4n) is 2.81. The van der Waals surface area contributed by atoms with Crippen molar-refractivity contribution in [2.45, 2.75) is 36.2 Å². The number of carbonyl (C=O) groups excluding carboxylic acids is 1. The summed E-state index contributed by atoms with van der Waals surface area (Å²) in [5.74, 6) is 0. The van der Waals surface area contributed by atoms with Gasteiger partial charge >= 0.3 is 6.09 Å². The Labute approximate surface area is 193 Å². The molecule has 0 spiro atoms. The van der Waals surface area contributed by atoms with Crippen LogP contribution in [0.4, 0.5) is 10.5 Å². The fraction of sp³-hybridized carbons (Fsp3) is 0.263. The molecule has 0 saturated heterocycles. The van der Waals surface area contributed by atoms with E-state index in [-0.39, 0.29) is 5.69 Å². The number of nitrogens with one attached hydrogen (secondary N) is 1. The first kappa shape index (κ1) is 23.5. The molecule has 1 aromatic heterocycles. The lowest BCUT2D eigenvalue weighted by Crippen LogP contribution is -2.41. The Balaban J connectivity index is 2.28. The van der Waals surface area contributed by atoms with Crippen molar-refractivity contribution in [2.24, 2.45) is 0 Å². The summed E-state index contributed by atoms with van der Waals surface area (Å²) in [4.78, 5) is 12.1. The van der Waals surface area contributed by atoms with Gasteiger partial charge < -0.3 is 4.74 Å². The highest BCUT2D eigenvalue weighted by Crippen LogP contribution is 2.32. The average Bonchev–Trinajstić information content (AvgIpc) is 3.00. The van der Waals surface area contributed by atoms with Crippen molar-refractivity contribution in [3.63, 3.8) is 0 Å². The lowest BCUT2D eigenvalue weighted by atomic mass is 10.2. The van der Waals surface area contributed by atoms with Gasteiger partial charge in [0, 0.05) is 11.6 Å². The van der Waals surface area contributed by atoms with Gasteiger partial charge in [-0.2, -0.15) is 9.40 Å². The molecule has 0 aliphatic rings. The smallest absolute Gasteiger partial charge is 0.429 e. The molecule has 0 saturated carbocycles. The van der Waals surface area contributed by atoms with Gasteiger partial charge in [-0.05, 0) is 73.7 Å². The van der Waals surface area contributed by atoms with E-state index in [4.69, 9.17) is 4.74 Å². The summed E-state index contributed by atoms with van der Waals surface area (Å²) in [6.07, 6.45) is -0.257. The molecule has 1 N–H and O–H groups in total. The molecule has 3 aromatic rings. The molecule has 1 heterocycles. The van der Waals surface area contributed by atoms with Gasteiger partial charge in [-0.1, -0.05) is 12.1 Å². The van der Waals surface area contributed by atoms with Crippen LogP contribution in [0.15, 0.2) is 52.3 Å². The van der Waals surface area contributed by atoms with Crippen LogP contribution >= 0.6 is 22.6 Å². The molecular weight excluding hydrogens is 557 g/mol. The lowest BCUT2D eigenvalue weighted by Gasteiger charge is -2.27. The van der Waals surface area contributed by atoms with Crippen molar-refractivity contribution < 1.29 is 26.4 Å². The van der Waals surface area contributed by atoms with Crippen LogP contribution in [0.25, 0.3) is 10.9 Å². The fourth-order valence-corrected chi connectivity index (χ4v) is 6.28. The minimum atomic E-state index is -4.66. The molecule has 166 valence electrons. The van der Waals surface area contributed by atoms with Crippen LogP contribution < -0.4 is 4.31 Å². The largest absolute Gasteiger partial charge is 0.443 e. The number of sulfone groups is 1. The van der Waals surface area contributed by atoms with Gasteiger partial charge in [-0.15, -0.1) is 0 Å². The monoisotopic (exact) mass is 577 g/mol. The highest BCUT2D eigenvalue weighted by Gasteiger charge is 2.37. The molecule has 1 amide bonds. The van der Waals surface area contributed by atoms with Crippen LogP contribution in [-0.4, -0.2) is 45.0 Å². The van der Waals surface area contributed by atoms with Crippen LogP contribution in [0, 0.1) is 3.70 Å². The minimum Gasteiger partial charge on any atom is -0.443 e. The molecular formula is C19H20IN3O6S2. The molecule has 9 nitrogen and oxygen atoms in total. The molecule has 0 unspecified atom stereocenters. The van der Waals surface area contributed by atoms with E-state index in [2.05, 4.69) is 10.2 Å². The Hall–Kier alpha value is -2.19. The van der Waals surface area contributed by atoms with Crippen molar-refractivity contribution in [3.05, 3.63) is 46.2 Å². The Morgan fingerprint density at radius 1 is 1.06 bits per heavy atom. The zero-order valence-corrected chi connectivity index (χ0v) is 20.9. The van der Waals surface area contributed by atoms with E-state index in [1.165, 1.54) is 30.3 Å². The van der Waals surface area contributed by atoms with Gasteiger partial charge in [0.2, 0.25) is 0 Å². The molecule has 31 heavy (non-hydrogen) atoms. The number of sulfonamides is 1. The van der Waals surface area contributed by atoms with E-state index in [9.17, 15) is 21.6 Å². The Kier molecular flexibility index (Phi) is 6.10. The van der Waals surface area contributed by atoms with Gasteiger partial charge in [-0.3, -0.25) is 5.10 Å². The lowest BCUT2D eigenvalue weighted by molar-refractivity contribution is 0.0609. The first-order valence-corrected chi connectivity index (χ1v) is 13.3. The predicted molar refractivity (Wildman–Crippen MR) is 124 cm³/mol. The number of hydrogen-bond donors (Lipinski definition) is 1. The summed E-state index contributed by atoms with van der Waals surface area (Å²) in [7, 11) is -8.56. The number of aromatic nitrogens is 2. The van der Waals surface area contributed by atoms with Crippen molar-refractivity contribution >= 4 is 65.1 Å². The number of carbonyl (C=O) groups is 1. The maximum absolute atomic E-state index is 13.6. The summed E-state index contributed by atoms with van der Waals surface area (Å²) in [6, 6.07) is 9.55. The predicted octanol–water partition coefficient (Wildman–Crippen LogP) is 3.70. The van der Waals surface area contributed by atoms with E-state index in [0.29, 0.717) is 18.9 Å². The second kappa shape index (κ2) is 8.06. The number of benzene rings is 2. The topological polar surface area (TPSA) is 126 Å². The number of rotatable bonds is 4. The molecule has 0 aliphatic heterocycles. The maximum Gasteiger partial charge on any atom is 0.429 e. The highest BCUT2D eigenvalue weighted by atomic mass is 127. The van der Waals surface area contributed by atoms with Crippen LogP contribution in [0.3, 0.4) is 0 Å². The number of halogens is 1. The third-order valence-electron chi connectivity index (χ3n) is 4.05. The van der Waals surface area contributed by atoms with Crippen molar-refractivity contribution in [1.29, 1.82) is 0 Å². The number of nitrogens with zero attached hydrogens (tertiary/aromatic N) is 2.